The fourth-order valence-electron chi connectivity index (χ4n) is 3.62. The number of hydrogen-bond acceptors (Lipinski definition) is 4. The Morgan fingerprint density at radius 3 is 2.62 bits per heavy atom. The van der Waals surface area contributed by atoms with E-state index in [-0.39, 0.29) is 0 Å². The predicted octanol–water partition coefficient (Wildman–Crippen LogP) is 4.61. The van der Waals surface area contributed by atoms with E-state index in [9.17, 15) is 0 Å². The summed E-state index contributed by atoms with van der Waals surface area (Å²) >= 11 is 3.48. The molecule has 0 amide bonds. The molecule has 29 heavy (non-hydrogen) atoms. The molecule has 0 aliphatic heterocycles. The van der Waals surface area contributed by atoms with Crippen molar-refractivity contribution in [2.24, 2.45) is 0 Å². The number of H-pyrrole nitrogens is 1. The molecule has 0 spiro atoms. The number of hydrogen-bond donors (Lipinski definition) is 1. The summed E-state index contributed by atoms with van der Waals surface area (Å²) < 4.78 is 11.5. The van der Waals surface area contributed by atoms with Crippen molar-refractivity contribution in [1.29, 1.82) is 0 Å². The number of methoxy groups -OCH3 is 1. The first-order valence-corrected chi connectivity index (χ1v) is 11.1. The minimum absolute atomic E-state index is 0.869. The summed E-state index contributed by atoms with van der Waals surface area (Å²) in [5.41, 5.74) is 4.40. The highest BCUT2D eigenvalue weighted by Gasteiger charge is 2.13. The number of ether oxygens (including phenoxy) is 1. The van der Waals surface area contributed by atoms with E-state index in [0.717, 1.165) is 38.4 Å². The van der Waals surface area contributed by atoms with Gasteiger partial charge in [-0.1, -0.05) is 42.5 Å². The van der Waals surface area contributed by atoms with Crippen molar-refractivity contribution in [2.45, 2.75) is 13.3 Å². The van der Waals surface area contributed by atoms with Gasteiger partial charge in [-0.3, -0.25) is 0 Å². The Bertz CT molecular complexity index is 1460. The molecule has 3 aromatic heterocycles. The Hall–Kier alpha value is -2.96. The summed E-state index contributed by atoms with van der Waals surface area (Å²) in [6.45, 7) is 2.15. The van der Waals surface area contributed by atoms with E-state index in [1.165, 1.54) is 14.9 Å². The van der Waals surface area contributed by atoms with E-state index in [1.54, 1.807) is 29.8 Å². The van der Waals surface area contributed by atoms with Gasteiger partial charge in [-0.25, -0.2) is 9.97 Å². The molecule has 4 nitrogen and oxygen atoms in total. The third kappa shape index (κ3) is 3.14. The van der Waals surface area contributed by atoms with E-state index in [0.29, 0.717) is 0 Å². The highest BCUT2D eigenvalue weighted by atomic mass is 32.1. The molecule has 5 aromatic rings. The summed E-state index contributed by atoms with van der Waals surface area (Å²) in [5.74, 6) is 0.898. The summed E-state index contributed by atoms with van der Waals surface area (Å²) in [7, 11) is 1.73. The van der Waals surface area contributed by atoms with Gasteiger partial charge in [0.15, 0.2) is 10.2 Å². The number of benzene rings is 2. The normalized spacial score (nSPS) is 13.4. The van der Waals surface area contributed by atoms with Crippen LogP contribution < -0.4 is 13.6 Å². The van der Waals surface area contributed by atoms with Crippen molar-refractivity contribution < 1.29 is 8.98 Å². The molecule has 0 atom stereocenters. The number of fused-ring (bicyclic) bond motifs is 2. The molecular formula is C23H20N3OS2+. The van der Waals surface area contributed by atoms with Crippen molar-refractivity contribution in [3.8, 4) is 5.75 Å². The molecule has 0 saturated carbocycles. The van der Waals surface area contributed by atoms with Crippen molar-refractivity contribution in [2.75, 3.05) is 7.11 Å². The summed E-state index contributed by atoms with van der Waals surface area (Å²) in [6.07, 6.45) is 4.99. The second kappa shape index (κ2) is 7.46. The maximum Gasteiger partial charge on any atom is 0.292 e. The average Bonchev–Trinajstić information content (AvgIpc) is 3.33. The van der Waals surface area contributed by atoms with Crippen LogP contribution in [0.2, 0.25) is 0 Å². The first-order chi connectivity index (χ1) is 14.3. The van der Waals surface area contributed by atoms with Crippen LogP contribution in [0.25, 0.3) is 26.5 Å². The highest BCUT2D eigenvalue weighted by Crippen LogP contribution is 2.22. The van der Waals surface area contributed by atoms with E-state index in [1.807, 2.05) is 18.3 Å². The number of para-hydroxylation sites is 2. The molecule has 1 N–H and O–H groups in total. The zero-order valence-corrected chi connectivity index (χ0v) is 17.8. The lowest BCUT2D eigenvalue weighted by atomic mass is 10.2. The molecule has 0 aliphatic carbocycles. The standard InChI is InChI=1S/C23H19N3OS2/c1-3-15-18(27-2)12-13-24-23(15)26-17-9-5-7-11-20(17)29-22(26)14-21-25-16-8-4-6-10-19(16)28-21/h4-14H,3H2,1-2H3/p+1. The molecule has 5 rings (SSSR count). The van der Waals surface area contributed by atoms with E-state index in [2.05, 4.69) is 64.7 Å². The van der Waals surface area contributed by atoms with Gasteiger partial charge in [0.05, 0.1) is 33.8 Å². The molecule has 3 heterocycles. The Morgan fingerprint density at radius 2 is 1.83 bits per heavy atom. The fourth-order valence-corrected chi connectivity index (χ4v) is 5.69. The van der Waals surface area contributed by atoms with Gasteiger partial charge in [-0.15, -0.1) is 11.3 Å². The second-order valence-corrected chi connectivity index (χ2v) is 8.76. The van der Waals surface area contributed by atoms with Gasteiger partial charge in [0.2, 0.25) is 0 Å². The van der Waals surface area contributed by atoms with Gasteiger partial charge in [-0.05, 0) is 30.7 Å². The summed E-state index contributed by atoms with van der Waals surface area (Å²) in [5, 5.41) is 1.01. The number of thiazole rings is 2. The molecule has 0 radical (unpaired) electrons. The van der Waals surface area contributed by atoms with Crippen molar-refractivity contribution in [1.82, 2.24) is 9.97 Å². The molecule has 0 aliphatic rings. The third-order valence-corrected chi connectivity index (χ3v) is 6.99. The molecule has 6 heteroatoms. The zero-order valence-electron chi connectivity index (χ0n) is 16.2. The van der Waals surface area contributed by atoms with Crippen LogP contribution in [0, 0.1) is 5.49 Å². The molecule has 144 valence electrons. The lowest BCUT2D eigenvalue weighted by Crippen LogP contribution is -2.35. The molecule has 0 unspecified atom stereocenters. The molecule has 2 aromatic carbocycles. The quantitative estimate of drug-likeness (QED) is 0.435. The minimum atomic E-state index is 0.869. The summed E-state index contributed by atoms with van der Waals surface area (Å²) in [4.78, 5) is 8.27. The Balaban J connectivity index is 1.95. The summed E-state index contributed by atoms with van der Waals surface area (Å²) in [6, 6.07) is 18.7. The van der Waals surface area contributed by atoms with E-state index in [4.69, 9.17) is 9.72 Å². The smallest absolute Gasteiger partial charge is 0.292 e. The molecular weight excluding hydrogens is 398 g/mol. The second-order valence-electron chi connectivity index (χ2n) is 6.63. The minimum Gasteiger partial charge on any atom is -0.496 e. The SMILES string of the molecule is CCc1c(OC)cc[nH]c1=[n+]1c(=Cc2nc3ccccc3s2)sc2ccccc21. The van der Waals surface area contributed by atoms with Gasteiger partial charge in [-0.2, -0.15) is 4.24 Å². The lowest BCUT2D eigenvalue weighted by molar-refractivity contribution is -0.493. The molecule has 0 saturated heterocycles. The topological polar surface area (TPSA) is 43.8 Å². The van der Waals surface area contributed by atoms with Crippen molar-refractivity contribution in [3.63, 3.8) is 0 Å². The number of pyridine rings is 1. The van der Waals surface area contributed by atoms with Gasteiger partial charge in [0, 0.05) is 12.1 Å². The number of rotatable bonds is 3. The first kappa shape index (κ1) is 18.1. The zero-order chi connectivity index (χ0) is 19.8. The van der Waals surface area contributed by atoms with Gasteiger partial charge in [0.1, 0.15) is 10.8 Å². The molecule has 0 fully saturated rings. The van der Waals surface area contributed by atoms with Crippen LogP contribution in [-0.2, 0) is 6.42 Å². The lowest BCUT2D eigenvalue weighted by Gasteiger charge is -2.02. The van der Waals surface area contributed by atoms with E-state index < -0.39 is 0 Å². The van der Waals surface area contributed by atoms with Gasteiger partial charge in [0.25, 0.3) is 5.49 Å². The van der Waals surface area contributed by atoms with E-state index >= 15 is 0 Å². The van der Waals surface area contributed by atoms with Crippen LogP contribution in [0.5, 0.6) is 5.75 Å². The van der Waals surface area contributed by atoms with Crippen molar-refractivity contribution in [3.05, 3.63) is 81.5 Å². The Morgan fingerprint density at radius 1 is 1.03 bits per heavy atom. The highest BCUT2D eigenvalue weighted by molar-refractivity contribution is 7.19. The molecule has 0 bridgehead atoms. The first-order valence-electron chi connectivity index (χ1n) is 9.50. The van der Waals surface area contributed by atoms with Crippen LogP contribution in [0.15, 0.2) is 60.8 Å². The Labute approximate surface area is 175 Å². The van der Waals surface area contributed by atoms with Gasteiger partial charge < -0.3 is 4.74 Å². The fraction of sp³-hybridized carbons (Fsp3) is 0.130. The predicted molar refractivity (Wildman–Crippen MR) is 120 cm³/mol. The van der Waals surface area contributed by atoms with Crippen LogP contribution in [0.4, 0.5) is 0 Å². The monoisotopic (exact) mass is 418 g/mol. The number of aromatic amines is 1. The number of nitrogens with zero attached hydrogens (tertiary/aromatic N) is 2. The van der Waals surface area contributed by atoms with Crippen LogP contribution in [0.3, 0.4) is 0 Å². The maximum atomic E-state index is 5.63. The number of aromatic nitrogens is 3. The number of nitrogens with one attached hydrogen (secondary N) is 1. The largest absolute Gasteiger partial charge is 0.496 e. The van der Waals surface area contributed by atoms with Crippen LogP contribution >= 0.6 is 22.7 Å². The maximum absolute atomic E-state index is 5.63. The average molecular weight is 419 g/mol. The third-order valence-electron chi connectivity index (χ3n) is 4.93. The van der Waals surface area contributed by atoms with Crippen LogP contribution in [0.1, 0.15) is 17.5 Å². The Kier molecular flexibility index (Phi) is 4.66. The van der Waals surface area contributed by atoms with Crippen LogP contribution in [-0.4, -0.2) is 17.1 Å². The van der Waals surface area contributed by atoms with Gasteiger partial charge >= 0.3 is 0 Å². The van der Waals surface area contributed by atoms with Crippen molar-refractivity contribution >= 4 is 49.2 Å².